The predicted octanol–water partition coefficient (Wildman–Crippen LogP) is 3.19. The number of nitriles is 1. The van der Waals surface area contributed by atoms with Crippen molar-refractivity contribution < 1.29 is 9.59 Å². The molecule has 31 heavy (non-hydrogen) atoms. The molecule has 1 fully saturated rings. The number of piperidine rings is 1. The van der Waals surface area contributed by atoms with E-state index in [1.54, 1.807) is 19.3 Å². The Morgan fingerprint density at radius 3 is 2.39 bits per heavy atom. The van der Waals surface area contributed by atoms with Gasteiger partial charge in [0.05, 0.1) is 12.1 Å². The first-order chi connectivity index (χ1) is 14.8. The summed E-state index contributed by atoms with van der Waals surface area (Å²) in [5.74, 6) is 0.529. The summed E-state index contributed by atoms with van der Waals surface area (Å²) in [6, 6.07) is 9.73. The highest BCUT2D eigenvalue weighted by Crippen LogP contribution is 2.24. The van der Waals surface area contributed by atoms with Crippen LogP contribution in [0.5, 0.6) is 0 Å². The molecule has 7 heteroatoms. The first-order valence-corrected chi connectivity index (χ1v) is 10.5. The van der Waals surface area contributed by atoms with Gasteiger partial charge in [-0.3, -0.25) is 9.59 Å². The lowest BCUT2D eigenvalue weighted by molar-refractivity contribution is -0.137. The number of hydrogen-bond acceptors (Lipinski definition) is 5. The summed E-state index contributed by atoms with van der Waals surface area (Å²) in [7, 11) is 1.69. The summed E-state index contributed by atoms with van der Waals surface area (Å²) in [6.45, 7) is 7.44. The van der Waals surface area contributed by atoms with Crippen molar-refractivity contribution in [3.05, 3.63) is 52.7 Å². The summed E-state index contributed by atoms with van der Waals surface area (Å²) in [5.41, 5.74) is 4.54. The number of carbonyl (C=O) groups is 2. The molecule has 3 rings (SSSR count). The van der Waals surface area contributed by atoms with Gasteiger partial charge in [0.2, 0.25) is 11.8 Å². The lowest BCUT2D eigenvalue weighted by Gasteiger charge is -2.33. The second kappa shape index (κ2) is 9.61. The zero-order chi connectivity index (χ0) is 22.5. The van der Waals surface area contributed by atoms with Gasteiger partial charge < -0.3 is 15.1 Å². The van der Waals surface area contributed by atoms with E-state index in [2.05, 4.69) is 21.3 Å². The van der Waals surface area contributed by atoms with Gasteiger partial charge >= 0.3 is 0 Å². The molecule has 2 heterocycles. The maximum absolute atomic E-state index is 12.9. The quantitative estimate of drug-likeness (QED) is 0.804. The van der Waals surface area contributed by atoms with E-state index in [4.69, 9.17) is 5.26 Å². The molecule has 0 atom stereocenters. The minimum absolute atomic E-state index is 0.0000578. The van der Waals surface area contributed by atoms with Crippen molar-refractivity contribution in [1.29, 1.82) is 5.26 Å². The molecule has 0 saturated carbocycles. The molecule has 1 saturated heterocycles. The zero-order valence-electron chi connectivity index (χ0n) is 18.6. The number of pyridine rings is 1. The van der Waals surface area contributed by atoms with Gasteiger partial charge in [0.25, 0.3) is 0 Å². The van der Waals surface area contributed by atoms with E-state index in [-0.39, 0.29) is 24.3 Å². The third-order valence-electron chi connectivity index (χ3n) is 5.74. The summed E-state index contributed by atoms with van der Waals surface area (Å²) in [6.07, 6.45) is 2.99. The van der Waals surface area contributed by atoms with Crippen LogP contribution < -0.4 is 10.2 Å². The van der Waals surface area contributed by atoms with Gasteiger partial charge in [0.1, 0.15) is 11.9 Å². The maximum Gasteiger partial charge on any atom is 0.243 e. The van der Waals surface area contributed by atoms with E-state index in [0.29, 0.717) is 18.4 Å². The summed E-state index contributed by atoms with van der Waals surface area (Å²) in [5, 5.41) is 11.9. The molecule has 1 aromatic heterocycles. The van der Waals surface area contributed by atoms with Gasteiger partial charge in [-0.2, -0.15) is 5.26 Å². The van der Waals surface area contributed by atoms with Crippen molar-refractivity contribution in [3.63, 3.8) is 0 Å². The van der Waals surface area contributed by atoms with Crippen LogP contribution in [0, 0.1) is 38.0 Å². The molecule has 2 amide bonds. The highest BCUT2D eigenvalue weighted by molar-refractivity contribution is 5.96. The molecule has 0 spiro atoms. The Bertz CT molecular complexity index is 979. The predicted molar refractivity (Wildman–Crippen MR) is 121 cm³/mol. The number of amides is 2. The van der Waals surface area contributed by atoms with Gasteiger partial charge in [-0.1, -0.05) is 17.7 Å². The molecular formula is C24H29N5O2. The molecule has 1 N–H and O–H groups in total. The monoisotopic (exact) mass is 419 g/mol. The van der Waals surface area contributed by atoms with E-state index in [1.807, 2.05) is 39.0 Å². The second-order valence-electron chi connectivity index (χ2n) is 8.29. The number of nitrogens with zero attached hydrogens (tertiary/aromatic N) is 4. The van der Waals surface area contributed by atoms with Crippen LogP contribution in [0.15, 0.2) is 30.5 Å². The molecule has 1 aliphatic heterocycles. The molecule has 7 nitrogen and oxygen atoms in total. The Kier molecular flexibility index (Phi) is 6.91. The van der Waals surface area contributed by atoms with Crippen molar-refractivity contribution in [1.82, 2.24) is 9.88 Å². The molecule has 162 valence electrons. The van der Waals surface area contributed by atoms with Crippen LogP contribution in [-0.2, 0) is 9.59 Å². The number of anilines is 2. The normalized spacial score (nSPS) is 14.1. The van der Waals surface area contributed by atoms with Gasteiger partial charge in [-0.15, -0.1) is 0 Å². The van der Waals surface area contributed by atoms with Gasteiger partial charge in [0.15, 0.2) is 0 Å². The Hall–Kier alpha value is -3.40. The van der Waals surface area contributed by atoms with E-state index in [0.717, 1.165) is 41.3 Å². The lowest BCUT2D eigenvalue weighted by Crippen LogP contribution is -2.43. The number of carbonyl (C=O) groups excluding carboxylic acids is 2. The van der Waals surface area contributed by atoms with Gasteiger partial charge in [0, 0.05) is 37.9 Å². The number of rotatable bonds is 5. The first-order valence-electron chi connectivity index (χ1n) is 10.5. The number of hydrogen-bond donors (Lipinski definition) is 1. The fraction of sp³-hybridized carbons (Fsp3) is 0.417. The first kappa shape index (κ1) is 22.3. The third-order valence-corrected chi connectivity index (χ3v) is 5.74. The van der Waals surface area contributed by atoms with Crippen LogP contribution in [0.25, 0.3) is 0 Å². The molecular weight excluding hydrogens is 390 g/mol. The maximum atomic E-state index is 12.9. The lowest BCUT2D eigenvalue weighted by atomic mass is 9.95. The minimum atomic E-state index is -0.190. The van der Waals surface area contributed by atoms with Crippen molar-refractivity contribution in [2.45, 2.75) is 33.6 Å². The van der Waals surface area contributed by atoms with Gasteiger partial charge in [-0.25, -0.2) is 4.98 Å². The van der Waals surface area contributed by atoms with E-state index in [1.165, 1.54) is 4.90 Å². The summed E-state index contributed by atoms with van der Waals surface area (Å²) < 4.78 is 0. The molecule has 1 aromatic carbocycles. The van der Waals surface area contributed by atoms with Gasteiger partial charge in [-0.05, 0) is 56.9 Å². The molecule has 0 bridgehead atoms. The fourth-order valence-electron chi connectivity index (χ4n) is 4.16. The standard InChI is InChI=1S/C24H29N5O2/c1-16-11-17(2)23(18(3)12-16)27-22(30)15-28(4)24(31)20-7-9-29(10-8-20)21-6-5-19(13-25)14-26-21/h5-6,11-12,14,20H,7-10,15H2,1-4H3,(H,27,30). The minimum Gasteiger partial charge on any atom is -0.357 e. The smallest absolute Gasteiger partial charge is 0.243 e. The topological polar surface area (TPSA) is 89.3 Å². The number of aryl methyl sites for hydroxylation is 3. The highest BCUT2D eigenvalue weighted by atomic mass is 16.2. The van der Waals surface area contributed by atoms with Crippen molar-refractivity contribution in [2.24, 2.45) is 5.92 Å². The van der Waals surface area contributed by atoms with Crippen LogP contribution in [-0.4, -0.2) is 48.4 Å². The van der Waals surface area contributed by atoms with E-state index >= 15 is 0 Å². The largest absolute Gasteiger partial charge is 0.357 e. The van der Waals surface area contributed by atoms with Crippen LogP contribution in [0.4, 0.5) is 11.5 Å². The molecule has 2 aromatic rings. The Morgan fingerprint density at radius 2 is 1.84 bits per heavy atom. The molecule has 1 aliphatic rings. The van der Waals surface area contributed by atoms with Crippen molar-refractivity contribution in [2.75, 3.05) is 36.9 Å². The Morgan fingerprint density at radius 1 is 1.19 bits per heavy atom. The fourth-order valence-corrected chi connectivity index (χ4v) is 4.16. The number of aromatic nitrogens is 1. The third kappa shape index (κ3) is 5.40. The number of likely N-dealkylation sites (N-methyl/N-ethyl adjacent to an activating group) is 1. The number of benzene rings is 1. The Balaban J connectivity index is 1.52. The molecule has 0 aliphatic carbocycles. The van der Waals surface area contributed by atoms with Crippen LogP contribution >= 0.6 is 0 Å². The Labute approximate surface area is 183 Å². The number of nitrogens with one attached hydrogen (secondary N) is 1. The highest BCUT2D eigenvalue weighted by Gasteiger charge is 2.28. The van der Waals surface area contributed by atoms with Crippen LogP contribution in [0.1, 0.15) is 35.1 Å². The van der Waals surface area contributed by atoms with E-state index < -0.39 is 0 Å². The average Bonchev–Trinajstić information content (AvgIpc) is 2.76. The molecule has 0 radical (unpaired) electrons. The van der Waals surface area contributed by atoms with Crippen molar-refractivity contribution in [3.8, 4) is 6.07 Å². The summed E-state index contributed by atoms with van der Waals surface area (Å²) in [4.78, 5) is 33.4. The van der Waals surface area contributed by atoms with E-state index in [9.17, 15) is 9.59 Å². The SMILES string of the molecule is Cc1cc(C)c(NC(=O)CN(C)C(=O)C2CCN(c3ccc(C#N)cn3)CC2)c(C)c1. The van der Waals surface area contributed by atoms with Crippen molar-refractivity contribution >= 4 is 23.3 Å². The van der Waals surface area contributed by atoms with Crippen LogP contribution in [0.3, 0.4) is 0 Å². The average molecular weight is 420 g/mol. The second-order valence-corrected chi connectivity index (χ2v) is 8.29. The zero-order valence-corrected chi connectivity index (χ0v) is 18.6. The molecule has 0 unspecified atom stereocenters. The summed E-state index contributed by atoms with van der Waals surface area (Å²) >= 11 is 0. The van der Waals surface area contributed by atoms with Crippen LogP contribution in [0.2, 0.25) is 0 Å².